The van der Waals surface area contributed by atoms with Crippen molar-refractivity contribution in [1.29, 1.82) is 0 Å². The highest BCUT2D eigenvalue weighted by Crippen LogP contribution is 2.30. The van der Waals surface area contributed by atoms with Gasteiger partial charge in [-0.1, -0.05) is 0 Å². The Morgan fingerprint density at radius 3 is 2.87 bits per heavy atom. The third kappa shape index (κ3) is 2.47. The monoisotopic (exact) mass is 226 g/mol. The molecule has 1 fully saturated rings. The average Bonchev–Trinajstić information content (AvgIpc) is 2.64. The van der Waals surface area contributed by atoms with E-state index in [-0.39, 0.29) is 6.10 Å². The molecule has 0 N–H and O–H groups in total. The van der Waals surface area contributed by atoms with Gasteiger partial charge in [0.05, 0.1) is 17.7 Å². The van der Waals surface area contributed by atoms with Crippen LogP contribution in [0.1, 0.15) is 43.1 Å². The third-order valence-corrected chi connectivity index (χ3v) is 2.86. The van der Waals surface area contributed by atoms with Gasteiger partial charge in [-0.3, -0.25) is 0 Å². The minimum absolute atomic E-state index is 0.0573. The van der Waals surface area contributed by atoms with Crippen LogP contribution in [0.15, 0.2) is 6.07 Å². The predicted octanol–water partition coefficient (Wildman–Crippen LogP) is 2.76. The molecule has 2 atom stereocenters. The summed E-state index contributed by atoms with van der Waals surface area (Å²) in [6.07, 6.45) is 2.46. The fourth-order valence-electron chi connectivity index (χ4n) is 1.86. The quantitative estimate of drug-likeness (QED) is 0.728. The number of rotatable bonds is 2. The first-order valence-electron chi connectivity index (χ1n) is 5.25. The standard InChI is InChI=1S/C11H15ClN2O/c1-7-5-9(6-12)14-11(13-7)10-4-3-8(2)15-10/h5,8,10H,3-4,6H2,1-2H3. The van der Waals surface area contributed by atoms with E-state index >= 15 is 0 Å². The zero-order valence-corrected chi connectivity index (χ0v) is 9.79. The lowest BCUT2D eigenvalue weighted by Crippen LogP contribution is -2.07. The number of hydrogen-bond acceptors (Lipinski definition) is 3. The number of ether oxygens (including phenoxy) is 1. The summed E-state index contributed by atoms with van der Waals surface area (Å²) >= 11 is 5.78. The maximum Gasteiger partial charge on any atom is 0.157 e. The first-order valence-corrected chi connectivity index (χ1v) is 5.78. The van der Waals surface area contributed by atoms with Gasteiger partial charge < -0.3 is 4.74 Å². The van der Waals surface area contributed by atoms with Crippen LogP contribution >= 0.6 is 11.6 Å². The fraction of sp³-hybridized carbons (Fsp3) is 0.636. The van der Waals surface area contributed by atoms with E-state index in [1.165, 1.54) is 0 Å². The second kappa shape index (κ2) is 4.45. The molecule has 0 aliphatic carbocycles. The van der Waals surface area contributed by atoms with Crippen LogP contribution in [0.5, 0.6) is 0 Å². The highest BCUT2D eigenvalue weighted by molar-refractivity contribution is 6.16. The molecule has 2 heterocycles. The minimum Gasteiger partial charge on any atom is -0.367 e. The summed E-state index contributed by atoms with van der Waals surface area (Å²) in [7, 11) is 0. The Balaban J connectivity index is 2.24. The van der Waals surface area contributed by atoms with Gasteiger partial charge in [0.2, 0.25) is 0 Å². The molecule has 3 nitrogen and oxygen atoms in total. The summed E-state index contributed by atoms with van der Waals surface area (Å²) in [5.41, 5.74) is 1.83. The molecule has 0 saturated carbocycles. The first-order chi connectivity index (χ1) is 7.19. The molecule has 82 valence electrons. The molecule has 0 bridgehead atoms. The molecule has 15 heavy (non-hydrogen) atoms. The van der Waals surface area contributed by atoms with Crippen LogP contribution in [0.2, 0.25) is 0 Å². The van der Waals surface area contributed by atoms with Gasteiger partial charge in [0.1, 0.15) is 6.10 Å². The third-order valence-electron chi connectivity index (χ3n) is 2.58. The molecule has 0 radical (unpaired) electrons. The van der Waals surface area contributed by atoms with Gasteiger partial charge in [-0.2, -0.15) is 0 Å². The molecule has 1 saturated heterocycles. The van der Waals surface area contributed by atoms with Crippen molar-refractivity contribution in [2.75, 3.05) is 0 Å². The van der Waals surface area contributed by atoms with Gasteiger partial charge in [-0.15, -0.1) is 11.6 Å². The van der Waals surface area contributed by atoms with Crippen molar-refractivity contribution in [3.8, 4) is 0 Å². The second-order valence-corrected chi connectivity index (χ2v) is 4.27. The summed E-state index contributed by atoms with van der Waals surface area (Å²) in [5.74, 6) is 1.22. The molecular weight excluding hydrogens is 212 g/mol. The number of aromatic nitrogens is 2. The van der Waals surface area contributed by atoms with E-state index in [9.17, 15) is 0 Å². The van der Waals surface area contributed by atoms with Gasteiger partial charge in [0, 0.05) is 5.69 Å². The summed E-state index contributed by atoms with van der Waals surface area (Å²) in [6, 6.07) is 1.91. The van der Waals surface area contributed by atoms with Gasteiger partial charge in [-0.05, 0) is 32.8 Å². The summed E-state index contributed by atoms with van der Waals surface area (Å²) < 4.78 is 5.73. The molecule has 1 aromatic heterocycles. The lowest BCUT2D eigenvalue weighted by molar-refractivity contribution is 0.0501. The van der Waals surface area contributed by atoms with E-state index in [4.69, 9.17) is 16.3 Å². The molecule has 2 unspecified atom stereocenters. The van der Waals surface area contributed by atoms with E-state index in [0.717, 1.165) is 30.1 Å². The van der Waals surface area contributed by atoms with Crippen LogP contribution in [-0.4, -0.2) is 16.1 Å². The number of hydrogen-bond donors (Lipinski definition) is 0. The first kappa shape index (κ1) is 10.8. The van der Waals surface area contributed by atoms with E-state index in [2.05, 4.69) is 16.9 Å². The maximum absolute atomic E-state index is 5.78. The Labute approximate surface area is 94.8 Å². The van der Waals surface area contributed by atoms with Gasteiger partial charge in [0.15, 0.2) is 5.82 Å². The molecule has 0 spiro atoms. The normalized spacial score (nSPS) is 25.8. The lowest BCUT2D eigenvalue weighted by atomic mass is 10.2. The Morgan fingerprint density at radius 2 is 2.27 bits per heavy atom. The van der Waals surface area contributed by atoms with E-state index in [0.29, 0.717) is 12.0 Å². The van der Waals surface area contributed by atoms with Crippen molar-refractivity contribution in [3.63, 3.8) is 0 Å². The molecule has 1 aromatic rings. The highest BCUT2D eigenvalue weighted by Gasteiger charge is 2.25. The minimum atomic E-state index is 0.0573. The average molecular weight is 227 g/mol. The molecule has 1 aliphatic rings. The number of aryl methyl sites for hydroxylation is 1. The van der Waals surface area contributed by atoms with E-state index in [1.54, 1.807) is 0 Å². The molecule has 1 aliphatic heterocycles. The van der Waals surface area contributed by atoms with E-state index in [1.807, 2.05) is 13.0 Å². The molecule has 0 amide bonds. The Hall–Kier alpha value is -0.670. The van der Waals surface area contributed by atoms with Crippen LogP contribution in [0.3, 0.4) is 0 Å². The molecule has 2 rings (SSSR count). The van der Waals surface area contributed by atoms with Crippen molar-refractivity contribution < 1.29 is 4.74 Å². The summed E-state index contributed by atoms with van der Waals surface area (Å²) in [5, 5.41) is 0. The summed E-state index contributed by atoms with van der Waals surface area (Å²) in [4.78, 5) is 8.80. The highest BCUT2D eigenvalue weighted by atomic mass is 35.5. The Morgan fingerprint density at radius 1 is 1.47 bits per heavy atom. The number of halogens is 1. The second-order valence-electron chi connectivity index (χ2n) is 4.01. The van der Waals surface area contributed by atoms with Gasteiger partial charge >= 0.3 is 0 Å². The number of nitrogens with zero attached hydrogens (tertiary/aromatic N) is 2. The van der Waals surface area contributed by atoms with Gasteiger partial charge in [0.25, 0.3) is 0 Å². The SMILES string of the molecule is Cc1cc(CCl)nc(C2CCC(C)O2)n1. The number of alkyl halides is 1. The van der Waals surface area contributed by atoms with Crippen molar-refractivity contribution in [2.24, 2.45) is 0 Å². The van der Waals surface area contributed by atoms with Gasteiger partial charge in [-0.25, -0.2) is 9.97 Å². The van der Waals surface area contributed by atoms with Crippen LogP contribution in [-0.2, 0) is 10.6 Å². The zero-order chi connectivity index (χ0) is 10.8. The van der Waals surface area contributed by atoms with Crippen molar-refractivity contribution >= 4 is 11.6 Å². The Bertz CT molecular complexity index is 356. The largest absolute Gasteiger partial charge is 0.367 e. The van der Waals surface area contributed by atoms with Crippen molar-refractivity contribution in [2.45, 2.75) is 44.8 Å². The van der Waals surface area contributed by atoms with Crippen molar-refractivity contribution in [3.05, 3.63) is 23.3 Å². The van der Waals surface area contributed by atoms with Crippen LogP contribution in [0.25, 0.3) is 0 Å². The van der Waals surface area contributed by atoms with Crippen LogP contribution in [0.4, 0.5) is 0 Å². The Kier molecular flexibility index (Phi) is 3.22. The lowest BCUT2D eigenvalue weighted by Gasteiger charge is -2.11. The van der Waals surface area contributed by atoms with Crippen molar-refractivity contribution in [1.82, 2.24) is 9.97 Å². The summed E-state index contributed by atoms with van der Waals surface area (Å²) in [6.45, 7) is 4.04. The van der Waals surface area contributed by atoms with Crippen LogP contribution < -0.4 is 0 Å². The topological polar surface area (TPSA) is 35.0 Å². The smallest absolute Gasteiger partial charge is 0.157 e. The maximum atomic E-state index is 5.78. The predicted molar refractivity (Wildman–Crippen MR) is 58.8 cm³/mol. The molecule has 4 heteroatoms. The van der Waals surface area contributed by atoms with E-state index < -0.39 is 0 Å². The zero-order valence-electron chi connectivity index (χ0n) is 9.03. The van der Waals surface area contributed by atoms with Crippen LogP contribution in [0, 0.1) is 6.92 Å². The molecular formula is C11H15ClN2O. The molecule has 0 aromatic carbocycles. The fourth-order valence-corrected chi connectivity index (χ4v) is 2.00.